The van der Waals surface area contributed by atoms with Gasteiger partial charge >= 0.3 is 0 Å². The molecule has 0 aromatic carbocycles. The summed E-state index contributed by atoms with van der Waals surface area (Å²) in [5, 5.41) is 0. The van der Waals surface area contributed by atoms with E-state index in [1.54, 1.807) is 7.11 Å². The maximum absolute atomic E-state index is 12.8. The fourth-order valence-electron chi connectivity index (χ4n) is 5.27. The van der Waals surface area contributed by atoms with E-state index < -0.39 is 0 Å². The van der Waals surface area contributed by atoms with Crippen molar-refractivity contribution in [1.29, 1.82) is 0 Å². The molecule has 3 aliphatic rings. The molecule has 8 nitrogen and oxygen atoms in total. The summed E-state index contributed by atoms with van der Waals surface area (Å²) in [5.74, 6) is 2.85. The Morgan fingerprint density at radius 1 is 1.12 bits per heavy atom. The normalized spacial score (nSPS) is 22.7. The van der Waals surface area contributed by atoms with E-state index in [-0.39, 0.29) is 23.7 Å². The predicted molar refractivity (Wildman–Crippen MR) is 123 cm³/mol. The van der Waals surface area contributed by atoms with Crippen LogP contribution in [0.2, 0.25) is 0 Å². The summed E-state index contributed by atoms with van der Waals surface area (Å²) >= 11 is 0. The number of nitrogens with zero attached hydrogens (tertiary/aromatic N) is 5. The molecule has 3 heterocycles. The third kappa shape index (κ3) is 5.05. The Hall–Kier alpha value is -2.22. The second kappa shape index (κ2) is 10.1. The Morgan fingerprint density at radius 2 is 1.84 bits per heavy atom. The Balaban J connectivity index is 1.45. The molecule has 0 unspecified atom stereocenters. The van der Waals surface area contributed by atoms with Gasteiger partial charge in [-0.05, 0) is 25.7 Å². The van der Waals surface area contributed by atoms with E-state index in [1.165, 1.54) is 12.8 Å². The smallest absolute Gasteiger partial charge is 0.225 e. The summed E-state index contributed by atoms with van der Waals surface area (Å²) in [6, 6.07) is 2.03. The molecule has 4 rings (SSSR count). The largest absolute Gasteiger partial charge is 0.383 e. The molecule has 2 amide bonds. The maximum Gasteiger partial charge on any atom is 0.225 e. The topological polar surface area (TPSA) is 78.9 Å². The van der Waals surface area contributed by atoms with Crippen LogP contribution < -0.4 is 4.90 Å². The van der Waals surface area contributed by atoms with Crippen molar-refractivity contribution in [2.24, 2.45) is 5.92 Å². The van der Waals surface area contributed by atoms with Crippen molar-refractivity contribution < 1.29 is 14.3 Å². The van der Waals surface area contributed by atoms with Gasteiger partial charge in [-0.1, -0.05) is 12.8 Å². The maximum atomic E-state index is 12.8. The lowest BCUT2D eigenvalue weighted by Crippen LogP contribution is -2.41. The second-order valence-electron chi connectivity index (χ2n) is 9.72. The molecule has 0 bridgehead atoms. The van der Waals surface area contributed by atoms with E-state index in [9.17, 15) is 9.59 Å². The molecule has 0 radical (unpaired) electrons. The molecule has 1 saturated carbocycles. The lowest BCUT2D eigenvalue weighted by Gasteiger charge is -2.33. The molecular formula is C24H37N5O3. The Bertz CT molecular complexity index is 816. The van der Waals surface area contributed by atoms with Crippen LogP contribution in [0, 0.1) is 5.92 Å². The molecule has 1 aromatic rings. The van der Waals surface area contributed by atoms with Crippen LogP contribution in [-0.2, 0) is 14.3 Å². The number of amides is 2. The van der Waals surface area contributed by atoms with Crippen LogP contribution >= 0.6 is 0 Å². The van der Waals surface area contributed by atoms with E-state index in [2.05, 4.69) is 4.90 Å². The van der Waals surface area contributed by atoms with E-state index in [0.29, 0.717) is 32.0 Å². The lowest BCUT2D eigenvalue weighted by atomic mass is 9.94. The Labute approximate surface area is 191 Å². The van der Waals surface area contributed by atoms with Gasteiger partial charge in [0.25, 0.3) is 0 Å². The van der Waals surface area contributed by atoms with Crippen molar-refractivity contribution in [1.82, 2.24) is 19.8 Å². The van der Waals surface area contributed by atoms with E-state index >= 15 is 0 Å². The molecule has 2 aliphatic heterocycles. The van der Waals surface area contributed by atoms with E-state index in [4.69, 9.17) is 14.7 Å². The summed E-state index contributed by atoms with van der Waals surface area (Å²) in [6.07, 6.45) is 6.77. The van der Waals surface area contributed by atoms with Gasteiger partial charge in [-0.15, -0.1) is 0 Å². The van der Waals surface area contributed by atoms with Crippen molar-refractivity contribution in [3.05, 3.63) is 17.6 Å². The zero-order chi connectivity index (χ0) is 22.7. The standard InChI is InChI=1S/C24H37N5O3/c1-27(2)21-15-20(19-14-22(30)29(16-19)12-13-32-3)25-23(26-21)17-8-10-28(11-9-17)24(31)18-6-4-5-7-18/h15,17-19H,4-14,16H2,1-3H3/t19-/m1/s1. The molecule has 1 aromatic heterocycles. The molecule has 0 spiro atoms. The Kier molecular flexibility index (Phi) is 7.28. The molecule has 176 valence electrons. The Morgan fingerprint density at radius 3 is 2.50 bits per heavy atom. The van der Waals surface area contributed by atoms with Crippen molar-refractivity contribution >= 4 is 17.6 Å². The first-order valence-electron chi connectivity index (χ1n) is 12.1. The summed E-state index contributed by atoms with van der Waals surface area (Å²) in [6.45, 7) is 3.43. The SMILES string of the molecule is COCCN1C[C@H](c2cc(N(C)C)nc(C3CCN(C(=O)C4CCCC4)CC3)n2)CC1=O. The molecule has 32 heavy (non-hydrogen) atoms. The number of hydrogen-bond donors (Lipinski definition) is 0. The number of carbonyl (C=O) groups excluding carboxylic acids is 2. The number of likely N-dealkylation sites (tertiary alicyclic amines) is 2. The van der Waals surface area contributed by atoms with Gasteiger partial charge in [0.1, 0.15) is 11.6 Å². The summed E-state index contributed by atoms with van der Waals surface area (Å²) in [5.41, 5.74) is 0.955. The first-order chi connectivity index (χ1) is 15.5. The zero-order valence-electron chi connectivity index (χ0n) is 19.8. The average Bonchev–Trinajstić information content (AvgIpc) is 3.47. The molecule has 3 fully saturated rings. The van der Waals surface area contributed by atoms with Crippen LogP contribution in [-0.4, -0.2) is 85.6 Å². The number of rotatable bonds is 7. The fourth-order valence-corrected chi connectivity index (χ4v) is 5.27. The fraction of sp³-hybridized carbons (Fsp3) is 0.750. The lowest BCUT2D eigenvalue weighted by molar-refractivity contribution is -0.136. The minimum Gasteiger partial charge on any atom is -0.383 e. The van der Waals surface area contributed by atoms with Gasteiger partial charge in [0, 0.05) is 77.6 Å². The van der Waals surface area contributed by atoms with Gasteiger partial charge < -0.3 is 19.4 Å². The second-order valence-corrected chi connectivity index (χ2v) is 9.72. The molecule has 0 N–H and O–H groups in total. The van der Waals surface area contributed by atoms with E-state index in [0.717, 1.165) is 56.1 Å². The van der Waals surface area contributed by atoms with Gasteiger partial charge in [-0.3, -0.25) is 9.59 Å². The van der Waals surface area contributed by atoms with Crippen LogP contribution in [0.3, 0.4) is 0 Å². The average molecular weight is 444 g/mol. The molecule has 8 heteroatoms. The van der Waals surface area contributed by atoms with Crippen molar-refractivity contribution in [2.45, 2.75) is 56.8 Å². The zero-order valence-corrected chi connectivity index (χ0v) is 19.8. The first kappa shape index (κ1) is 23.0. The number of hydrogen-bond acceptors (Lipinski definition) is 6. The highest BCUT2D eigenvalue weighted by Gasteiger charge is 2.34. The minimum atomic E-state index is 0.0869. The minimum absolute atomic E-state index is 0.0869. The van der Waals surface area contributed by atoms with Crippen LogP contribution in [0.1, 0.15) is 68.3 Å². The molecule has 1 aliphatic carbocycles. The first-order valence-corrected chi connectivity index (χ1v) is 12.1. The van der Waals surface area contributed by atoms with Crippen molar-refractivity contribution in [3.8, 4) is 0 Å². The summed E-state index contributed by atoms with van der Waals surface area (Å²) in [4.78, 5) is 41.0. The number of ether oxygens (including phenoxy) is 1. The molecule has 1 atom stereocenters. The monoisotopic (exact) mass is 443 g/mol. The quantitative estimate of drug-likeness (QED) is 0.644. The highest BCUT2D eigenvalue weighted by Crippen LogP contribution is 2.33. The number of aromatic nitrogens is 2. The van der Waals surface area contributed by atoms with Crippen LogP contribution in [0.15, 0.2) is 6.07 Å². The van der Waals surface area contributed by atoms with Gasteiger partial charge in [0.15, 0.2) is 0 Å². The van der Waals surface area contributed by atoms with Gasteiger partial charge in [0.05, 0.1) is 12.3 Å². The number of carbonyl (C=O) groups is 2. The number of methoxy groups -OCH3 is 1. The highest BCUT2D eigenvalue weighted by atomic mass is 16.5. The van der Waals surface area contributed by atoms with Crippen LogP contribution in [0.4, 0.5) is 5.82 Å². The van der Waals surface area contributed by atoms with Gasteiger partial charge in [-0.25, -0.2) is 9.97 Å². The summed E-state index contributed by atoms with van der Waals surface area (Å²) < 4.78 is 5.15. The van der Waals surface area contributed by atoms with Crippen molar-refractivity contribution in [3.63, 3.8) is 0 Å². The third-order valence-corrected chi connectivity index (χ3v) is 7.28. The summed E-state index contributed by atoms with van der Waals surface area (Å²) in [7, 11) is 5.64. The molecule has 2 saturated heterocycles. The van der Waals surface area contributed by atoms with Crippen LogP contribution in [0.5, 0.6) is 0 Å². The van der Waals surface area contributed by atoms with Gasteiger partial charge in [0.2, 0.25) is 11.8 Å². The third-order valence-electron chi connectivity index (χ3n) is 7.28. The van der Waals surface area contributed by atoms with Crippen molar-refractivity contribution in [2.75, 3.05) is 58.9 Å². The molecular weight excluding hydrogens is 406 g/mol. The highest BCUT2D eigenvalue weighted by molar-refractivity contribution is 5.80. The predicted octanol–water partition coefficient (Wildman–Crippen LogP) is 2.40. The number of piperidine rings is 1. The number of anilines is 1. The van der Waals surface area contributed by atoms with Crippen LogP contribution in [0.25, 0.3) is 0 Å². The van der Waals surface area contributed by atoms with Gasteiger partial charge in [-0.2, -0.15) is 0 Å². The van der Waals surface area contributed by atoms with E-state index in [1.807, 2.05) is 30.0 Å².